The first kappa shape index (κ1) is 12.8. The highest BCUT2D eigenvalue weighted by Crippen LogP contribution is 2.31. The summed E-state index contributed by atoms with van der Waals surface area (Å²) < 4.78 is 5.46. The number of ether oxygens (including phenoxy) is 1. The highest BCUT2D eigenvalue weighted by Gasteiger charge is 2.42. The van der Waals surface area contributed by atoms with Gasteiger partial charge in [0.2, 0.25) is 5.91 Å². The van der Waals surface area contributed by atoms with Crippen molar-refractivity contribution in [2.24, 2.45) is 5.92 Å². The molecular formula is C13H24N2O2. The Hall–Kier alpha value is -0.610. The Morgan fingerprint density at radius 1 is 1.47 bits per heavy atom. The zero-order chi connectivity index (χ0) is 12.5. The van der Waals surface area contributed by atoms with E-state index in [9.17, 15) is 4.79 Å². The highest BCUT2D eigenvalue weighted by molar-refractivity contribution is 5.81. The maximum absolute atomic E-state index is 12.6. The zero-order valence-electron chi connectivity index (χ0n) is 11.2. The van der Waals surface area contributed by atoms with Gasteiger partial charge in [-0.15, -0.1) is 0 Å². The third kappa shape index (κ3) is 2.47. The SMILES string of the molecule is CCNC1COCC1C(=O)N1CCCC1(C)C. The number of nitrogens with zero attached hydrogens (tertiary/aromatic N) is 1. The van der Waals surface area contributed by atoms with Crippen molar-refractivity contribution in [3.63, 3.8) is 0 Å². The van der Waals surface area contributed by atoms with E-state index in [2.05, 4.69) is 31.0 Å². The van der Waals surface area contributed by atoms with Gasteiger partial charge < -0.3 is 15.0 Å². The molecule has 2 aliphatic heterocycles. The highest BCUT2D eigenvalue weighted by atomic mass is 16.5. The molecule has 2 fully saturated rings. The van der Waals surface area contributed by atoms with Crippen LogP contribution < -0.4 is 5.32 Å². The second kappa shape index (κ2) is 4.94. The van der Waals surface area contributed by atoms with E-state index >= 15 is 0 Å². The second-order valence-corrected chi connectivity index (χ2v) is 5.71. The van der Waals surface area contributed by atoms with Crippen molar-refractivity contribution >= 4 is 5.91 Å². The van der Waals surface area contributed by atoms with Gasteiger partial charge in [0.15, 0.2) is 0 Å². The van der Waals surface area contributed by atoms with Crippen LogP contribution in [0.15, 0.2) is 0 Å². The number of hydrogen-bond donors (Lipinski definition) is 1. The molecule has 0 aromatic carbocycles. The molecule has 2 unspecified atom stereocenters. The lowest BCUT2D eigenvalue weighted by atomic mass is 9.97. The van der Waals surface area contributed by atoms with E-state index < -0.39 is 0 Å². The summed E-state index contributed by atoms with van der Waals surface area (Å²) in [5.74, 6) is 0.281. The van der Waals surface area contributed by atoms with Gasteiger partial charge in [0, 0.05) is 18.1 Å². The molecule has 2 aliphatic rings. The van der Waals surface area contributed by atoms with Crippen LogP contribution in [0, 0.1) is 5.92 Å². The molecule has 1 amide bonds. The second-order valence-electron chi connectivity index (χ2n) is 5.71. The Morgan fingerprint density at radius 2 is 2.24 bits per heavy atom. The largest absolute Gasteiger partial charge is 0.379 e. The topological polar surface area (TPSA) is 41.6 Å². The van der Waals surface area contributed by atoms with Gasteiger partial charge >= 0.3 is 0 Å². The molecule has 1 N–H and O–H groups in total. The Balaban J connectivity index is 2.04. The van der Waals surface area contributed by atoms with Crippen molar-refractivity contribution < 1.29 is 9.53 Å². The van der Waals surface area contributed by atoms with Gasteiger partial charge in [-0.05, 0) is 33.2 Å². The maximum atomic E-state index is 12.6. The molecule has 2 heterocycles. The number of carbonyl (C=O) groups excluding carboxylic acids is 1. The Labute approximate surface area is 104 Å². The number of hydrogen-bond acceptors (Lipinski definition) is 3. The lowest BCUT2D eigenvalue weighted by Gasteiger charge is -2.34. The molecule has 4 heteroatoms. The average Bonchev–Trinajstić information content (AvgIpc) is 2.84. The lowest BCUT2D eigenvalue weighted by molar-refractivity contribution is -0.139. The van der Waals surface area contributed by atoms with Crippen molar-refractivity contribution in [1.29, 1.82) is 0 Å². The lowest BCUT2D eigenvalue weighted by Crippen LogP contribution is -2.50. The predicted octanol–water partition coefficient (Wildman–Crippen LogP) is 1.01. The molecule has 0 bridgehead atoms. The Bertz CT molecular complexity index is 291. The van der Waals surface area contributed by atoms with Gasteiger partial charge in [0.1, 0.15) is 0 Å². The number of nitrogens with one attached hydrogen (secondary N) is 1. The first-order chi connectivity index (χ1) is 8.06. The molecule has 98 valence electrons. The average molecular weight is 240 g/mol. The summed E-state index contributed by atoms with van der Waals surface area (Å²) in [6.07, 6.45) is 2.23. The third-order valence-corrected chi connectivity index (χ3v) is 4.03. The van der Waals surface area contributed by atoms with Gasteiger partial charge in [-0.2, -0.15) is 0 Å². The summed E-state index contributed by atoms with van der Waals surface area (Å²) in [6.45, 7) is 9.43. The van der Waals surface area contributed by atoms with Crippen molar-refractivity contribution in [2.75, 3.05) is 26.3 Å². The molecule has 2 atom stereocenters. The van der Waals surface area contributed by atoms with E-state index in [1.807, 2.05) is 0 Å². The molecule has 0 radical (unpaired) electrons. The smallest absolute Gasteiger partial charge is 0.230 e. The fourth-order valence-electron chi connectivity index (χ4n) is 2.98. The summed E-state index contributed by atoms with van der Waals surface area (Å²) in [5.41, 5.74) is 0.0242. The van der Waals surface area contributed by atoms with Crippen LogP contribution in [0.5, 0.6) is 0 Å². The molecule has 0 aromatic rings. The Kier molecular flexibility index (Phi) is 3.73. The van der Waals surface area contributed by atoms with Crippen LogP contribution in [0.1, 0.15) is 33.6 Å². The molecule has 2 saturated heterocycles. The van der Waals surface area contributed by atoms with E-state index in [0.29, 0.717) is 13.2 Å². The number of likely N-dealkylation sites (tertiary alicyclic amines) is 1. The summed E-state index contributed by atoms with van der Waals surface area (Å²) in [7, 11) is 0. The van der Waals surface area contributed by atoms with Crippen LogP contribution in [0.3, 0.4) is 0 Å². The molecule has 0 aliphatic carbocycles. The van der Waals surface area contributed by atoms with Crippen LogP contribution in [-0.4, -0.2) is 48.7 Å². The van der Waals surface area contributed by atoms with Crippen LogP contribution >= 0.6 is 0 Å². The number of rotatable bonds is 3. The van der Waals surface area contributed by atoms with E-state index in [4.69, 9.17) is 4.74 Å². The number of carbonyl (C=O) groups is 1. The Morgan fingerprint density at radius 3 is 2.82 bits per heavy atom. The van der Waals surface area contributed by atoms with Gasteiger partial charge in [-0.1, -0.05) is 6.92 Å². The number of amides is 1. The summed E-state index contributed by atoms with van der Waals surface area (Å²) in [5, 5.41) is 3.35. The number of likely N-dealkylation sites (N-methyl/N-ethyl adjacent to an activating group) is 1. The van der Waals surface area contributed by atoms with E-state index in [-0.39, 0.29) is 23.4 Å². The minimum Gasteiger partial charge on any atom is -0.379 e. The van der Waals surface area contributed by atoms with Crippen molar-refractivity contribution in [2.45, 2.75) is 45.2 Å². The van der Waals surface area contributed by atoms with Crippen molar-refractivity contribution in [1.82, 2.24) is 10.2 Å². The summed E-state index contributed by atoms with van der Waals surface area (Å²) >= 11 is 0. The minimum atomic E-state index is 0.00678. The summed E-state index contributed by atoms with van der Waals surface area (Å²) in [4.78, 5) is 14.6. The van der Waals surface area contributed by atoms with Crippen LogP contribution in [0.2, 0.25) is 0 Å². The first-order valence-electron chi connectivity index (χ1n) is 6.69. The molecular weight excluding hydrogens is 216 g/mol. The third-order valence-electron chi connectivity index (χ3n) is 4.03. The molecule has 4 nitrogen and oxygen atoms in total. The van der Waals surface area contributed by atoms with Gasteiger partial charge in [-0.3, -0.25) is 4.79 Å². The monoisotopic (exact) mass is 240 g/mol. The fourth-order valence-corrected chi connectivity index (χ4v) is 2.98. The quantitative estimate of drug-likeness (QED) is 0.800. The van der Waals surface area contributed by atoms with Crippen molar-refractivity contribution in [3.05, 3.63) is 0 Å². The summed E-state index contributed by atoms with van der Waals surface area (Å²) in [6, 6.07) is 0.198. The van der Waals surface area contributed by atoms with E-state index in [1.54, 1.807) is 0 Å². The first-order valence-corrected chi connectivity index (χ1v) is 6.69. The van der Waals surface area contributed by atoms with E-state index in [1.165, 1.54) is 0 Å². The van der Waals surface area contributed by atoms with Crippen LogP contribution in [0.25, 0.3) is 0 Å². The molecule has 0 aromatic heterocycles. The predicted molar refractivity (Wildman–Crippen MR) is 66.8 cm³/mol. The molecule has 0 saturated carbocycles. The van der Waals surface area contributed by atoms with Crippen molar-refractivity contribution in [3.8, 4) is 0 Å². The molecule has 2 rings (SSSR count). The molecule has 17 heavy (non-hydrogen) atoms. The minimum absolute atomic E-state index is 0.00678. The zero-order valence-corrected chi connectivity index (χ0v) is 11.2. The van der Waals surface area contributed by atoms with Crippen LogP contribution in [0.4, 0.5) is 0 Å². The van der Waals surface area contributed by atoms with Gasteiger partial charge in [0.05, 0.1) is 19.1 Å². The normalized spacial score (nSPS) is 32.1. The van der Waals surface area contributed by atoms with E-state index in [0.717, 1.165) is 25.9 Å². The fraction of sp³-hybridized carbons (Fsp3) is 0.923. The van der Waals surface area contributed by atoms with Gasteiger partial charge in [-0.25, -0.2) is 0 Å². The molecule has 0 spiro atoms. The van der Waals surface area contributed by atoms with Gasteiger partial charge in [0.25, 0.3) is 0 Å². The standard InChI is InChI=1S/C13H24N2O2/c1-4-14-11-9-17-8-10(11)12(16)15-7-5-6-13(15,2)3/h10-11,14H,4-9H2,1-3H3. The van der Waals surface area contributed by atoms with Crippen LogP contribution in [-0.2, 0) is 9.53 Å². The maximum Gasteiger partial charge on any atom is 0.230 e.